The number of primary amides is 1. The Morgan fingerprint density at radius 1 is 1.50 bits per heavy atom. The molecule has 0 radical (unpaired) electrons. The van der Waals surface area contributed by atoms with Crippen molar-refractivity contribution in [3.05, 3.63) is 29.8 Å². The van der Waals surface area contributed by atoms with Gasteiger partial charge in [-0.1, -0.05) is 18.2 Å². The maximum Gasteiger partial charge on any atom is 0.271 e. The summed E-state index contributed by atoms with van der Waals surface area (Å²) in [5.74, 6) is 0.361. The molecular weight excluding hydrogens is 293 g/mol. The Morgan fingerprint density at radius 2 is 2.21 bits per heavy atom. The van der Waals surface area contributed by atoms with Gasteiger partial charge in [-0.25, -0.2) is 0 Å². The second-order valence-corrected chi connectivity index (χ2v) is 5.05. The van der Waals surface area contributed by atoms with Gasteiger partial charge < -0.3 is 10.5 Å². The van der Waals surface area contributed by atoms with Crippen LogP contribution in [0.25, 0.3) is 0 Å². The van der Waals surface area contributed by atoms with Crippen LogP contribution in [0.4, 0.5) is 0 Å². The van der Waals surface area contributed by atoms with Gasteiger partial charge in [0, 0.05) is 6.42 Å². The molecule has 2 N–H and O–H groups in total. The number of hydrogen-bond acceptors (Lipinski definition) is 2. The lowest BCUT2D eigenvalue weighted by Gasteiger charge is -2.31. The second-order valence-electron chi connectivity index (χ2n) is 3.30. The predicted molar refractivity (Wildman–Crippen MR) is 61.3 cm³/mol. The fourth-order valence-electron chi connectivity index (χ4n) is 1.50. The van der Waals surface area contributed by atoms with Gasteiger partial charge >= 0.3 is 0 Å². The van der Waals surface area contributed by atoms with Crippen LogP contribution in [0.2, 0.25) is 0 Å². The van der Waals surface area contributed by atoms with Crippen molar-refractivity contribution in [3.8, 4) is 5.75 Å². The van der Waals surface area contributed by atoms with E-state index in [4.69, 9.17) is 10.5 Å². The predicted octanol–water partition coefficient (Wildman–Crippen LogP) is 1.63. The summed E-state index contributed by atoms with van der Waals surface area (Å²) in [7, 11) is 0. The van der Waals surface area contributed by atoms with E-state index in [0.717, 1.165) is 17.7 Å². The first-order chi connectivity index (χ1) is 6.62. The normalized spacial score (nSPS) is 24.9. The molecule has 14 heavy (non-hydrogen) atoms. The van der Waals surface area contributed by atoms with Gasteiger partial charge in [0.25, 0.3) is 5.91 Å². The Kier molecular flexibility index (Phi) is 2.38. The van der Waals surface area contributed by atoms with E-state index in [1.807, 2.05) is 46.9 Å². The number of alkyl halides is 1. The van der Waals surface area contributed by atoms with Crippen LogP contribution in [0, 0.1) is 0 Å². The number of aryl methyl sites for hydroxylation is 1. The number of carbonyl (C=O) groups is 1. The fourth-order valence-corrected chi connectivity index (χ4v) is 2.01. The van der Waals surface area contributed by atoms with Crippen LogP contribution in [0.15, 0.2) is 24.3 Å². The van der Waals surface area contributed by atoms with E-state index in [-0.39, 0.29) is 0 Å². The highest BCUT2D eigenvalue weighted by Crippen LogP contribution is 2.36. The van der Waals surface area contributed by atoms with E-state index < -0.39 is 9.51 Å². The smallest absolute Gasteiger partial charge is 0.271 e. The van der Waals surface area contributed by atoms with E-state index in [1.165, 1.54) is 0 Å². The third kappa shape index (κ3) is 1.58. The molecular formula is C10H10INO2. The Balaban J connectivity index is 2.34. The molecule has 1 amide bonds. The zero-order chi connectivity index (χ0) is 10.2. The first-order valence-electron chi connectivity index (χ1n) is 4.37. The number of carbonyl (C=O) groups excluding carboxylic acids is 1. The van der Waals surface area contributed by atoms with Gasteiger partial charge in [0.1, 0.15) is 5.75 Å². The number of fused-ring (bicyclic) bond motifs is 1. The van der Waals surface area contributed by atoms with Gasteiger partial charge in [0.15, 0.2) is 0 Å². The standard InChI is InChI=1S/C10H10INO2/c11-10(9(12)13)6-5-7-3-1-2-4-8(7)14-10/h1-4H,5-6H2,(H2,12,13). The van der Waals surface area contributed by atoms with Crippen molar-refractivity contribution in [2.45, 2.75) is 16.4 Å². The molecule has 0 bridgehead atoms. The molecule has 2 rings (SSSR count). The van der Waals surface area contributed by atoms with Crippen molar-refractivity contribution in [2.75, 3.05) is 0 Å². The Bertz CT molecular complexity index is 380. The highest BCUT2D eigenvalue weighted by atomic mass is 127. The van der Waals surface area contributed by atoms with Gasteiger partial charge in [-0.2, -0.15) is 0 Å². The molecule has 1 atom stereocenters. The lowest BCUT2D eigenvalue weighted by atomic mass is 10.0. The van der Waals surface area contributed by atoms with Crippen LogP contribution in [0.5, 0.6) is 5.75 Å². The third-order valence-electron chi connectivity index (χ3n) is 2.33. The molecule has 0 aromatic heterocycles. The summed E-state index contributed by atoms with van der Waals surface area (Å²) < 4.78 is 4.72. The Morgan fingerprint density at radius 3 is 2.93 bits per heavy atom. The zero-order valence-corrected chi connectivity index (χ0v) is 9.65. The molecule has 0 fully saturated rings. The molecule has 1 aromatic rings. The molecule has 0 saturated carbocycles. The minimum atomic E-state index is -0.869. The molecule has 1 heterocycles. The van der Waals surface area contributed by atoms with Crippen molar-refractivity contribution < 1.29 is 9.53 Å². The average molecular weight is 303 g/mol. The molecule has 0 saturated heterocycles. The summed E-state index contributed by atoms with van der Waals surface area (Å²) in [5, 5.41) is 0. The summed E-state index contributed by atoms with van der Waals surface area (Å²) >= 11 is 1.98. The van der Waals surface area contributed by atoms with Crippen LogP contribution in [-0.2, 0) is 11.2 Å². The topological polar surface area (TPSA) is 52.3 Å². The second kappa shape index (κ2) is 3.42. The summed E-state index contributed by atoms with van der Waals surface area (Å²) in [5.41, 5.74) is 6.43. The number of halogens is 1. The van der Waals surface area contributed by atoms with Crippen molar-refractivity contribution >= 4 is 28.5 Å². The molecule has 1 aromatic carbocycles. The van der Waals surface area contributed by atoms with Crippen LogP contribution < -0.4 is 10.5 Å². The van der Waals surface area contributed by atoms with E-state index in [1.54, 1.807) is 0 Å². The first kappa shape index (κ1) is 9.76. The van der Waals surface area contributed by atoms with Crippen LogP contribution >= 0.6 is 22.6 Å². The van der Waals surface area contributed by atoms with E-state index in [2.05, 4.69) is 0 Å². The molecule has 1 aliphatic heterocycles. The van der Waals surface area contributed by atoms with E-state index in [9.17, 15) is 4.79 Å². The molecule has 1 aliphatic rings. The van der Waals surface area contributed by atoms with Crippen molar-refractivity contribution in [3.63, 3.8) is 0 Å². The Hall–Kier alpha value is -0.780. The van der Waals surface area contributed by atoms with Crippen molar-refractivity contribution in [1.29, 1.82) is 0 Å². The molecule has 74 valence electrons. The molecule has 0 spiro atoms. The van der Waals surface area contributed by atoms with E-state index in [0.29, 0.717) is 6.42 Å². The fraction of sp³-hybridized carbons (Fsp3) is 0.300. The van der Waals surface area contributed by atoms with Crippen molar-refractivity contribution in [1.82, 2.24) is 0 Å². The first-order valence-corrected chi connectivity index (χ1v) is 5.45. The van der Waals surface area contributed by atoms with Crippen LogP contribution in [0.3, 0.4) is 0 Å². The van der Waals surface area contributed by atoms with Gasteiger partial charge in [-0.3, -0.25) is 4.79 Å². The summed E-state index contributed by atoms with van der Waals surface area (Å²) in [6.45, 7) is 0. The van der Waals surface area contributed by atoms with Gasteiger partial charge in [-0.05, 0) is 40.6 Å². The SMILES string of the molecule is NC(=O)C1(I)CCc2ccccc2O1. The zero-order valence-electron chi connectivity index (χ0n) is 7.50. The van der Waals surface area contributed by atoms with Gasteiger partial charge in [-0.15, -0.1) is 0 Å². The lowest BCUT2D eigenvalue weighted by molar-refractivity contribution is -0.126. The van der Waals surface area contributed by atoms with Crippen LogP contribution in [-0.4, -0.2) is 9.51 Å². The summed E-state index contributed by atoms with van der Waals surface area (Å²) in [4.78, 5) is 11.2. The maximum absolute atomic E-state index is 11.2. The molecule has 0 aliphatic carbocycles. The number of hydrogen-bond donors (Lipinski definition) is 1. The number of para-hydroxylation sites is 1. The highest BCUT2D eigenvalue weighted by Gasteiger charge is 2.39. The molecule has 4 heteroatoms. The Labute approximate surface area is 95.8 Å². The van der Waals surface area contributed by atoms with Gasteiger partial charge in [0.2, 0.25) is 3.61 Å². The summed E-state index contributed by atoms with van der Waals surface area (Å²) in [6, 6.07) is 7.73. The minimum absolute atomic E-state index is 0.410. The minimum Gasteiger partial charge on any atom is -0.467 e. The van der Waals surface area contributed by atoms with E-state index >= 15 is 0 Å². The van der Waals surface area contributed by atoms with Crippen LogP contribution in [0.1, 0.15) is 12.0 Å². The third-order valence-corrected chi connectivity index (χ3v) is 3.62. The quantitative estimate of drug-likeness (QED) is 0.633. The average Bonchev–Trinajstić information content (AvgIpc) is 2.17. The number of rotatable bonds is 1. The van der Waals surface area contributed by atoms with Crippen molar-refractivity contribution in [2.24, 2.45) is 5.73 Å². The number of benzene rings is 1. The summed E-state index contributed by atoms with van der Waals surface area (Å²) in [6.07, 6.45) is 1.47. The number of ether oxygens (including phenoxy) is 1. The van der Waals surface area contributed by atoms with Gasteiger partial charge in [0.05, 0.1) is 0 Å². The number of amides is 1. The highest BCUT2D eigenvalue weighted by molar-refractivity contribution is 14.1. The maximum atomic E-state index is 11.2. The monoisotopic (exact) mass is 303 g/mol. The lowest BCUT2D eigenvalue weighted by Crippen LogP contribution is -2.45. The molecule has 1 unspecified atom stereocenters. The number of nitrogens with two attached hydrogens (primary N) is 1. The molecule has 3 nitrogen and oxygen atoms in total. The largest absolute Gasteiger partial charge is 0.467 e.